The Morgan fingerprint density at radius 1 is 1.18 bits per heavy atom. The predicted octanol–water partition coefficient (Wildman–Crippen LogP) is 3.73. The Hall–Kier alpha value is -0.890. The lowest BCUT2D eigenvalue weighted by Crippen LogP contribution is -2.37. The molecular weight excluding hydrogens is 208 g/mol. The molecule has 0 fully saturated rings. The summed E-state index contributed by atoms with van der Waals surface area (Å²) in [7, 11) is 0. The summed E-state index contributed by atoms with van der Waals surface area (Å²) >= 11 is 0. The van der Waals surface area contributed by atoms with Gasteiger partial charge in [0.15, 0.2) is 0 Å². The Morgan fingerprint density at radius 2 is 1.88 bits per heavy atom. The summed E-state index contributed by atoms with van der Waals surface area (Å²) in [6.07, 6.45) is 6.23. The molecule has 0 aliphatic carbocycles. The summed E-state index contributed by atoms with van der Waals surface area (Å²) in [6.45, 7) is 12.3. The van der Waals surface area contributed by atoms with E-state index in [0.29, 0.717) is 5.41 Å². The molecule has 17 heavy (non-hydrogen) atoms. The van der Waals surface area contributed by atoms with E-state index in [2.05, 4.69) is 51.0 Å². The molecule has 0 unspecified atom stereocenters. The van der Waals surface area contributed by atoms with Crippen molar-refractivity contribution in [1.82, 2.24) is 10.3 Å². The van der Waals surface area contributed by atoms with Crippen molar-refractivity contribution in [1.29, 1.82) is 0 Å². The normalized spacial score (nSPS) is 12.8. The molecular formula is C15H26N2. The smallest absolute Gasteiger partial charge is 0.0392 e. The van der Waals surface area contributed by atoms with Gasteiger partial charge in [-0.1, -0.05) is 26.8 Å². The molecule has 0 aliphatic heterocycles. The lowest BCUT2D eigenvalue weighted by molar-refractivity contribution is 0.335. The van der Waals surface area contributed by atoms with Crippen LogP contribution in [-0.4, -0.2) is 11.5 Å². The molecule has 0 aromatic carbocycles. The highest BCUT2D eigenvalue weighted by Crippen LogP contribution is 2.22. The lowest BCUT2D eigenvalue weighted by atomic mass is 9.90. The molecule has 2 heteroatoms. The fraction of sp³-hybridized carbons (Fsp3) is 0.667. The summed E-state index contributed by atoms with van der Waals surface area (Å²) in [5, 5.41) is 3.61. The van der Waals surface area contributed by atoms with E-state index >= 15 is 0 Å². The van der Waals surface area contributed by atoms with Gasteiger partial charge in [-0.05, 0) is 50.3 Å². The van der Waals surface area contributed by atoms with E-state index in [9.17, 15) is 0 Å². The molecule has 1 N–H and O–H groups in total. The first-order valence-corrected chi connectivity index (χ1v) is 6.47. The molecule has 0 spiro atoms. The number of rotatable bonds is 5. The second-order valence-electron chi connectivity index (χ2n) is 6.46. The zero-order valence-electron chi connectivity index (χ0n) is 11.9. The lowest BCUT2D eigenvalue weighted by Gasteiger charge is -2.27. The van der Waals surface area contributed by atoms with Crippen molar-refractivity contribution in [3.05, 3.63) is 30.1 Å². The minimum Gasteiger partial charge on any atom is -0.308 e. The topological polar surface area (TPSA) is 24.9 Å². The molecule has 0 atom stereocenters. The van der Waals surface area contributed by atoms with Gasteiger partial charge in [0.05, 0.1) is 0 Å². The second-order valence-corrected chi connectivity index (χ2v) is 6.46. The second kappa shape index (κ2) is 5.63. The number of hydrogen-bond donors (Lipinski definition) is 1. The van der Waals surface area contributed by atoms with Crippen molar-refractivity contribution in [3.63, 3.8) is 0 Å². The van der Waals surface area contributed by atoms with Crippen LogP contribution < -0.4 is 5.32 Å². The maximum Gasteiger partial charge on any atom is 0.0392 e. The van der Waals surface area contributed by atoms with Crippen molar-refractivity contribution in [3.8, 4) is 0 Å². The molecule has 0 amide bonds. The van der Waals surface area contributed by atoms with Crippen LogP contribution >= 0.6 is 0 Å². The Morgan fingerprint density at radius 3 is 2.41 bits per heavy atom. The predicted molar refractivity (Wildman–Crippen MR) is 74.0 cm³/mol. The van der Waals surface area contributed by atoms with Crippen molar-refractivity contribution < 1.29 is 0 Å². The molecule has 1 aromatic rings. The van der Waals surface area contributed by atoms with Gasteiger partial charge in [-0.2, -0.15) is 0 Å². The number of nitrogens with zero attached hydrogens (tertiary/aromatic N) is 1. The monoisotopic (exact) mass is 234 g/mol. The minimum absolute atomic E-state index is 0.00610. The molecule has 0 saturated heterocycles. The molecule has 0 radical (unpaired) electrons. The van der Waals surface area contributed by atoms with E-state index in [-0.39, 0.29) is 5.54 Å². The largest absolute Gasteiger partial charge is 0.308 e. The van der Waals surface area contributed by atoms with E-state index in [0.717, 1.165) is 6.54 Å². The first-order chi connectivity index (χ1) is 7.81. The fourth-order valence-corrected chi connectivity index (χ4v) is 1.85. The Bertz CT molecular complexity index is 323. The summed E-state index contributed by atoms with van der Waals surface area (Å²) in [5.74, 6) is 0. The molecule has 0 saturated carbocycles. The first kappa shape index (κ1) is 14.2. The average molecular weight is 234 g/mol. The Labute approximate surface area is 106 Å². The van der Waals surface area contributed by atoms with Gasteiger partial charge in [0.25, 0.3) is 0 Å². The number of nitrogens with one attached hydrogen (secondary N) is 1. The highest BCUT2D eigenvalue weighted by molar-refractivity contribution is 5.18. The van der Waals surface area contributed by atoms with Crippen LogP contribution in [0.15, 0.2) is 24.5 Å². The number of pyridine rings is 1. The van der Waals surface area contributed by atoms with E-state index < -0.39 is 0 Å². The maximum atomic E-state index is 4.18. The van der Waals surface area contributed by atoms with Crippen molar-refractivity contribution >= 4 is 0 Å². The number of hydrogen-bond acceptors (Lipinski definition) is 2. The third kappa shape index (κ3) is 5.31. The molecule has 0 bridgehead atoms. The quantitative estimate of drug-likeness (QED) is 0.785. The fourth-order valence-electron chi connectivity index (χ4n) is 1.85. The highest BCUT2D eigenvalue weighted by Gasteiger charge is 2.19. The van der Waals surface area contributed by atoms with Crippen molar-refractivity contribution in [2.45, 2.75) is 53.0 Å². The first-order valence-electron chi connectivity index (χ1n) is 6.47. The van der Waals surface area contributed by atoms with Gasteiger partial charge in [-0.25, -0.2) is 0 Å². The maximum absolute atomic E-state index is 4.18. The number of aromatic nitrogens is 1. The van der Waals surface area contributed by atoms with E-state index in [1.54, 1.807) is 0 Å². The van der Waals surface area contributed by atoms with Crippen LogP contribution in [-0.2, 0) is 5.54 Å². The summed E-state index contributed by atoms with van der Waals surface area (Å²) < 4.78 is 0. The van der Waals surface area contributed by atoms with Gasteiger partial charge in [0.1, 0.15) is 0 Å². The minimum atomic E-state index is 0.00610. The van der Waals surface area contributed by atoms with Crippen LogP contribution in [0.5, 0.6) is 0 Å². The average Bonchev–Trinajstić information content (AvgIpc) is 2.25. The van der Waals surface area contributed by atoms with Gasteiger partial charge in [-0.3, -0.25) is 4.98 Å². The molecule has 2 nitrogen and oxygen atoms in total. The third-order valence-electron chi connectivity index (χ3n) is 3.05. The third-order valence-corrected chi connectivity index (χ3v) is 3.05. The van der Waals surface area contributed by atoms with Gasteiger partial charge in [-0.15, -0.1) is 0 Å². The summed E-state index contributed by atoms with van der Waals surface area (Å²) in [6, 6.07) is 4.12. The molecule has 1 aromatic heterocycles. The van der Waals surface area contributed by atoms with E-state index in [1.807, 2.05) is 18.5 Å². The molecule has 0 aliphatic rings. The zero-order valence-corrected chi connectivity index (χ0v) is 11.9. The van der Waals surface area contributed by atoms with Gasteiger partial charge < -0.3 is 5.32 Å². The van der Waals surface area contributed by atoms with Gasteiger partial charge >= 0.3 is 0 Å². The summed E-state index contributed by atoms with van der Waals surface area (Å²) in [5.41, 5.74) is 1.68. The van der Waals surface area contributed by atoms with Gasteiger partial charge in [0.2, 0.25) is 0 Å². The van der Waals surface area contributed by atoms with E-state index in [4.69, 9.17) is 0 Å². The van der Waals surface area contributed by atoms with Gasteiger partial charge in [0, 0.05) is 17.9 Å². The van der Waals surface area contributed by atoms with Crippen molar-refractivity contribution in [2.24, 2.45) is 5.41 Å². The molecule has 1 rings (SSSR count). The van der Waals surface area contributed by atoms with Crippen LogP contribution in [0.25, 0.3) is 0 Å². The summed E-state index contributed by atoms with van der Waals surface area (Å²) in [4.78, 5) is 4.18. The standard InChI is InChI=1S/C15H26N2/c1-14(2,3)9-7-11-17-15(4,5)13-8-6-10-16-12-13/h6,8,10,12,17H,7,9,11H2,1-5H3. The van der Waals surface area contributed by atoms with Crippen LogP contribution in [0.1, 0.15) is 53.0 Å². The van der Waals surface area contributed by atoms with Crippen LogP contribution in [0.2, 0.25) is 0 Å². The molecule has 96 valence electrons. The SMILES string of the molecule is CC(C)(C)CCCNC(C)(C)c1cccnc1. The van der Waals surface area contributed by atoms with Crippen molar-refractivity contribution in [2.75, 3.05) is 6.54 Å². The Balaban J connectivity index is 2.41. The van der Waals surface area contributed by atoms with E-state index in [1.165, 1.54) is 18.4 Å². The van der Waals surface area contributed by atoms with Crippen LogP contribution in [0, 0.1) is 5.41 Å². The zero-order chi connectivity index (χ0) is 12.9. The van der Waals surface area contributed by atoms with Crippen LogP contribution in [0.4, 0.5) is 0 Å². The Kier molecular flexibility index (Phi) is 4.70. The van der Waals surface area contributed by atoms with Crippen LogP contribution in [0.3, 0.4) is 0 Å². The molecule has 1 heterocycles. The highest BCUT2D eigenvalue weighted by atomic mass is 15.0.